The fourth-order valence-corrected chi connectivity index (χ4v) is 4.60. The number of benzene rings is 1. The quantitative estimate of drug-likeness (QED) is 0.431. The van der Waals surface area contributed by atoms with E-state index in [1.165, 1.54) is 0 Å². The summed E-state index contributed by atoms with van der Waals surface area (Å²) in [6.45, 7) is 1.98. The van der Waals surface area contributed by atoms with E-state index >= 15 is 0 Å². The Morgan fingerprint density at radius 1 is 1.17 bits per heavy atom. The lowest BCUT2D eigenvalue weighted by molar-refractivity contribution is 0.223. The molecular weight excluding hydrogens is 441 g/mol. The molecule has 3 aromatic heterocycles. The fraction of sp³-hybridized carbons (Fsp3) is 0.182. The molecular formula is C22H17Cl2N3O2S. The Hall–Kier alpha value is -2.38. The first-order valence-corrected chi connectivity index (χ1v) is 11.1. The molecule has 0 saturated heterocycles. The number of halogens is 2. The van der Waals surface area contributed by atoms with Gasteiger partial charge >= 0.3 is 0 Å². The highest BCUT2D eigenvalue weighted by molar-refractivity contribution is 7.13. The molecule has 0 radical (unpaired) electrons. The van der Waals surface area contributed by atoms with Gasteiger partial charge in [0.2, 0.25) is 0 Å². The maximum Gasteiger partial charge on any atom is 0.255 e. The van der Waals surface area contributed by atoms with Crippen LogP contribution in [0.25, 0.3) is 22.0 Å². The van der Waals surface area contributed by atoms with E-state index in [9.17, 15) is 4.79 Å². The van der Waals surface area contributed by atoms with Gasteiger partial charge < -0.3 is 9.40 Å². The Morgan fingerprint density at radius 3 is 2.87 bits per heavy atom. The molecule has 4 aromatic rings. The molecule has 4 heterocycles. The lowest BCUT2D eigenvalue weighted by Crippen LogP contribution is -2.35. The summed E-state index contributed by atoms with van der Waals surface area (Å²) in [5, 5.41) is 2.99. The third kappa shape index (κ3) is 3.84. The second-order valence-corrected chi connectivity index (χ2v) is 8.93. The number of aromatic nitrogens is 2. The molecule has 1 aliphatic rings. The number of fused-ring (bicyclic) bond motifs is 1. The van der Waals surface area contributed by atoms with Crippen LogP contribution in [0.2, 0.25) is 10.0 Å². The van der Waals surface area contributed by atoms with E-state index < -0.39 is 0 Å². The fourth-order valence-electron chi connectivity index (χ4n) is 3.63. The number of nitrogens with one attached hydrogen (secondary N) is 1. The van der Waals surface area contributed by atoms with Gasteiger partial charge in [-0.05, 0) is 41.8 Å². The number of aromatic amines is 1. The standard InChI is InChI=1S/C22H17Cl2N3O2S/c23-16-5-3-13(10-17(16)24)19-6-4-14(29-19)11-27-8-7-18-15(12-27)22(28)26-21(25-18)20-2-1-9-30-20/h1-6,9-10H,7-8,11-12H2,(H,25,26,28). The molecule has 0 amide bonds. The number of H-pyrrole nitrogens is 1. The number of furan rings is 1. The van der Waals surface area contributed by atoms with Crippen LogP contribution in [0.3, 0.4) is 0 Å². The predicted molar refractivity (Wildman–Crippen MR) is 120 cm³/mol. The lowest BCUT2D eigenvalue weighted by Gasteiger charge is -2.26. The van der Waals surface area contributed by atoms with Crippen LogP contribution < -0.4 is 5.56 Å². The van der Waals surface area contributed by atoms with E-state index in [1.807, 2.05) is 35.7 Å². The van der Waals surface area contributed by atoms with Crippen LogP contribution in [-0.4, -0.2) is 21.4 Å². The predicted octanol–water partition coefficient (Wildman–Crippen LogP) is 5.62. The van der Waals surface area contributed by atoms with Gasteiger partial charge in [0, 0.05) is 25.1 Å². The molecule has 1 aliphatic heterocycles. The third-order valence-electron chi connectivity index (χ3n) is 5.15. The van der Waals surface area contributed by atoms with Crippen molar-refractivity contribution in [3.63, 3.8) is 0 Å². The molecule has 0 spiro atoms. The molecule has 0 atom stereocenters. The largest absolute Gasteiger partial charge is 0.460 e. The minimum atomic E-state index is -0.0657. The molecule has 5 rings (SSSR count). The molecule has 0 bridgehead atoms. The summed E-state index contributed by atoms with van der Waals surface area (Å²) in [5.74, 6) is 2.22. The van der Waals surface area contributed by atoms with Crippen LogP contribution in [0.1, 0.15) is 17.0 Å². The van der Waals surface area contributed by atoms with Crippen molar-refractivity contribution in [2.75, 3.05) is 6.54 Å². The van der Waals surface area contributed by atoms with Crippen molar-refractivity contribution in [2.45, 2.75) is 19.5 Å². The number of hydrogen-bond donors (Lipinski definition) is 1. The molecule has 1 N–H and O–H groups in total. The van der Waals surface area contributed by atoms with Crippen molar-refractivity contribution in [1.29, 1.82) is 0 Å². The number of nitrogens with zero attached hydrogens (tertiary/aromatic N) is 2. The average molecular weight is 458 g/mol. The van der Waals surface area contributed by atoms with E-state index in [-0.39, 0.29) is 5.56 Å². The second kappa shape index (κ2) is 8.04. The minimum absolute atomic E-state index is 0.0657. The van der Waals surface area contributed by atoms with Gasteiger partial charge in [0.15, 0.2) is 5.82 Å². The van der Waals surface area contributed by atoms with Gasteiger partial charge in [-0.15, -0.1) is 11.3 Å². The van der Waals surface area contributed by atoms with Gasteiger partial charge in [0.05, 0.1) is 32.7 Å². The number of hydrogen-bond acceptors (Lipinski definition) is 5. The van der Waals surface area contributed by atoms with Crippen molar-refractivity contribution >= 4 is 34.5 Å². The molecule has 0 saturated carbocycles. The molecule has 0 unspecified atom stereocenters. The van der Waals surface area contributed by atoms with Gasteiger partial charge in [0.25, 0.3) is 5.56 Å². The Morgan fingerprint density at radius 2 is 2.07 bits per heavy atom. The Balaban J connectivity index is 1.33. The van der Waals surface area contributed by atoms with E-state index in [0.29, 0.717) is 29.0 Å². The summed E-state index contributed by atoms with van der Waals surface area (Å²) in [6.07, 6.45) is 0.734. The van der Waals surface area contributed by atoms with Crippen LogP contribution in [0.15, 0.2) is 57.1 Å². The highest BCUT2D eigenvalue weighted by atomic mass is 35.5. The summed E-state index contributed by atoms with van der Waals surface area (Å²) in [7, 11) is 0. The van der Waals surface area contributed by atoms with Crippen LogP contribution in [0.5, 0.6) is 0 Å². The molecule has 0 aliphatic carbocycles. The van der Waals surface area contributed by atoms with Gasteiger partial charge in [-0.25, -0.2) is 4.98 Å². The highest BCUT2D eigenvalue weighted by Gasteiger charge is 2.22. The monoisotopic (exact) mass is 457 g/mol. The Kier molecular flexibility index (Phi) is 5.25. The molecule has 30 heavy (non-hydrogen) atoms. The maximum absolute atomic E-state index is 12.7. The molecule has 1 aromatic carbocycles. The zero-order valence-electron chi connectivity index (χ0n) is 15.8. The molecule has 8 heteroatoms. The average Bonchev–Trinajstić information content (AvgIpc) is 3.43. The van der Waals surface area contributed by atoms with Crippen molar-refractivity contribution < 1.29 is 4.42 Å². The van der Waals surface area contributed by atoms with Crippen LogP contribution in [-0.2, 0) is 19.5 Å². The number of thiophene rings is 1. The van der Waals surface area contributed by atoms with Crippen molar-refractivity contribution in [1.82, 2.24) is 14.9 Å². The van der Waals surface area contributed by atoms with Crippen LogP contribution in [0.4, 0.5) is 0 Å². The van der Waals surface area contributed by atoms with Gasteiger partial charge in [-0.1, -0.05) is 29.3 Å². The first-order valence-electron chi connectivity index (χ1n) is 9.49. The Labute approximate surface area is 186 Å². The van der Waals surface area contributed by atoms with Gasteiger partial charge in [-0.2, -0.15) is 0 Å². The SMILES string of the molecule is O=c1[nH]c(-c2cccs2)nc2c1CN(Cc1ccc(-c3ccc(Cl)c(Cl)c3)o1)CC2. The first-order chi connectivity index (χ1) is 14.6. The normalized spacial score (nSPS) is 14.1. The van der Waals surface area contributed by atoms with Crippen molar-refractivity contribution in [3.05, 3.63) is 85.3 Å². The first kappa shape index (κ1) is 19.6. The summed E-state index contributed by atoms with van der Waals surface area (Å²) in [6, 6.07) is 13.2. The highest BCUT2D eigenvalue weighted by Crippen LogP contribution is 2.30. The van der Waals surface area contributed by atoms with E-state index in [4.69, 9.17) is 32.6 Å². The summed E-state index contributed by atoms with van der Waals surface area (Å²) in [4.78, 5) is 23.5. The van der Waals surface area contributed by atoms with E-state index in [2.05, 4.69) is 9.88 Å². The van der Waals surface area contributed by atoms with Crippen molar-refractivity contribution in [2.24, 2.45) is 0 Å². The second-order valence-electron chi connectivity index (χ2n) is 7.17. The minimum Gasteiger partial charge on any atom is -0.460 e. The lowest BCUT2D eigenvalue weighted by atomic mass is 10.1. The Bertz CT molecular complexity index is 1260. The summed E-state index contributed by atoms with van der Waals surface area (Å²) >= 11 is 13.7. The summed E-state index contributed by atoms with van der Waals surface area (Å²) < 4.78 is 6.01. The summed E-state index contributed by atoms with van der Waals surface area (Å²) in [5.41, 5.74) is 2.43. The molecule has 152 valence electrons. The van der Waals surface area contributed by atoms with E-state index in [0.717, 1.165) is 46.2 Å². The number of rotatable bonds is 4. The third-order valence-corrected chi connectivity index (χ3v) is 6.76. The van der Waals surface area contributed by atoms with Gasteiger partial charge in [-0.3, -0.25) is 9.69 Å². The zero-order valence-corrected chi connectivity index (χ0v) is 18.2. The topological polar surface area (TPSA) is 62.1 Å². The molecule has 0 fully saturated rings. The van der Waals surface area contributed by atoms with Crippen LogP contribution >= 0.6 is 34.5 Å². The zero-order chi connectivity index (χ0) is 20.7. The smallest absolute Gasteiger partial charge is 0.255 e. The maximum atomic E-state index is 12.7. The van der Waals surface area contributed by atoms with Crippen molar-refractivity contribution in [3.8, 4) is 22.0 Å². The van der Waals surface area contributed by atoms with Crippen LogP contribution in [0, 0.1) is 0 Å². The van der Waals surface area contributed by atoms with Gasteiger partial charge in [0.1, 0.15) is 11.5 Å². The molecule has 5 nitrogen and oxygen atoms in total. The van der Waals surface area contributed by atoms with E-state index in [1.54, 1.807) is 23.5 Å².